The van der Waals surface area contributed by atoms with Crippen molar-refractivity contribution >= 4 is 23.5 Å². The number of nitrogens with zero attached hydrogens (tertiary/aromatic N) is 3. The first kappa shape index (κ1) is 11.7. The molecule has 0 aromatic carbocycles. The normalized spacial score (nSPS) is 10.2. The molecule has 2 aromatic heterocycles. The van der Waals surface area contributed by atoms with Gasteiger partial charge in [0.1, 0.15) is 5.15 Å². The molecule has 2 heterocycles. The van der Waals surface area contributed by atoms with E-state index in [9.17, 15) is 0 Å². The topological polar surface area (TPSA) is 42.7 Å². The van der Waals surface area contributed by atoms with Crippen molar-refractivity contribution in [3.8, 4) is 0 Å². The summed E-state index contributed by atoms with van der Waals surface area (Å²) in [6.45, 7) is 6.26. The first-order valence-corrected chi connectivity index (χ1v) is 5.58. The number of hydrogen-bond acceptors (Lipinski definition) is 3. The molecular formula is C12H13ClN4. The highest BCUT2D eigenvalue weighted by Crippen LogP contribution is 2.16. The molecule has 17 heavy (non-hydrogen) atoms. The molecule has 0 radical (unpaired) electrons. The highest BCUT2D eigenvalue weighted by molar-refractivity contribution is 6.30. The first-order valence-electron chi connectivity index (χ1n) is 5.20. The molecule has 0 unspecified atom stereocenters. The van der Waals surface area contributed by atoms with Crippen molar-refractivity contribution in [1.82, 2.24) is 14.8 Å². The quantitative estimate of drug-likeness (QED) is 0.846. The van der Waals surface area contributed by atoms with Gasteiger partial charge >= 0.3 is 0 Å². The SMILES string of the molecule is C=Cn1cc(CNc2cnc(Cl)c(C)c2)cn1. The highest BCUT2D eigenvalue weighted by atomic mass is 35.5. The van der Waals surface area contributed by atoms with Crippen LogP contribution in [0.5, 0.6) is 0 Å². The Morgan fingerprint density at radius 3 is 3.00 bits per heavy atom. The van der Waals surface area contributed by atoms with Gasteiger partial charge in [-0.15, -0.1) is 0 Å². The molecule has 0 aliphatic rings. The van der Waals surface area contributed by atoms with E-state index in [0.29, 0.717) is 11.7 Å². The minimum absolute atomic E-state index is 0.537. The first-order chi connectivity index (χ1) is 8.19. The summed E-state index contributed by atoms with van der Waals surface area (Å²) in [5.74, 6) is 0. The van der Waals surface area contributed by atoms with Gasteiger partial charge in [-0.25, -0.2) is 9.67 Å². The largest absolute Gasteiger partial charge is 0.380 e. The minimum atomic E-state index is 0.537. The van der Waals surface area contributed by atoms with Crippen LogP contribution in [0.25, 0.3) is 6.20 Å². The van der Waals surface area contributed by atoms with Crippen molar-refractivity contribution in [2.45, 2.75) is 13.5 Å². The molecular weight excluding hydrogens is 236 g/mol. The standard InChI is InChI=1S/C12H13ClN4/c1-3-17-8-10(6-16-17)5-14-11-4-9(2)12(13)15-7-11/h3-4,6-8,14H,1,5H2,2H3. The molecule has 0 saturated carbocycles. The Labute approximate surface area is 105 Å². The fourth-order valence-corrected chi connectivity index (χ4v) is 1.53. The average Bonchev–Trinajstić information content (AvgIpc) is 2.79. The summed E-state index contributed by atoms with van der Waals surface area (Å²) in [5.41, 5.74) is 2.98. The van der Waals surface area contributed by atoms with Gasteiger partial charge in [0.2, 0.25) is 0 Å². The number of anilines is 1. The van der Waals surface area contributed by atoms with E-state index in [-0.39, 0.29) is 0 Å². The lowest BCUT2D eigenvalue weighted by atomic mass is 10.3. The molecule has 4 nitrogen and oxygen atoms in total. The smallest absolute Gasteiger partial charge is 0.132 e. The molecule has 0 atom stereocenters. The van der Waals surface area contributed by atoms with Crippen molar-refractivity contribution in [2.24, 2.45) is 0 Å². The zero-order valence-corrected chi connectivity index (χ0v) is 10.3. The molecule has 0 aliphatic heterocycles. The molecule has 0 saturated heterocycles. The average molecular weight is 249 g/mol. The van der Waals surface area contributed by atoms with Crippen LogP contribution in [0.4, 0.5) is 5.69 Å². The van der Waals surface area contributed by atoms with Crippen LogP contribution in [0.3, 0.4) is 0 Å². The Morgan fingerprint density at radius 2 is 2.35 bits per heavy atom. The van der Waals surface area contributed by atoms with Crippen LogP contribution in [0.2, 0.25) is 5.15 Å². The van der Waals surface area contributed by atoms with Crippen molar-refractivity contribution in [3.63, 3.8) is 0 Å². The van der Waals surface area contributed by atoms with Gasteiger partial charge in [-0.1, -0.05) is 18.2 Å². The van der Waals surface area contributed by atoms with Gasteiger partial charge in [0, 0.05) is 24.5 Å². The molecule has 0 bridgehead atoms. The minimum Gasteiger partial charge on any atom is -0.380 e. The fourth-order valence-electron chi connectivity index (χ4n) is 1.43. The maximum absolute atomic E-state index is 5.86. The van der Waals surface area contributed by atoms with E-state index in [1.54, 1.807) is 23.3 Å². The monoisotopic (exact) mass is 248 g/mol. The van der Waals surface area contributed by atoms with Crippen LogP contribution in [0.1, 0.15) is 11.1 Å². The predicted molar refractivity (Wildman–Crippen MR) is 69.9 cm³/mol. The Kier molecular flexibility index (Phi) is 3.44. The van der Waals surface area contributed by atoms with Crippen molar-refractivity contribution in [2.75, 3.05) is 5.32 Å². The Bertz CT molecular complexity index is 533. The van der Waals surface area contributed by atoms with Gasteiger partial charge in [0.25, 0.3) is 0 Å². The third-order valence-corrected chi connectivity index (χ3v) is 2.75. The number of rotatable bonds is 4. The number of halogens is 1. The predicted octanol–water partition coefficient (Wildman–Crippen LogP) is 2.95. The number of pyridine rings is 1. The van der Waals surface area contributed by atoms with Gasteiger partial charge in [-0.3, -0.25) is 0 Å². The second-order valence-corrected chi connectivity index (χ2v) is 4.05. The maximum atomic E-state index is 5.86. The zero-order valence-electron chi connectivity index (χ0n) is 9.52. The van der Waals surface area contributed by atoms with Crippen LogP contribution in [0, 0.1) is 6.92 Å². The number of nitrogens with one attached hydrogen (secondary N) is 1. The summed E-state index contributed by atoms with van der Waals surface area (Å²) in [6.07, 6.45) is 7.08. The molecule has 0 amide bonds. The summed E-state index contributed by atoms with van der Waals surface area (Å²) in [6, 6.07) is 1.97. The van der Waals surface area contributed by atoms with Gasteiger partial charge in [0.05, 0.1) is 18.1 Å². The molecule has 1 N–H and O–H groups in total. The van der Waals surface area contributed by atoms with Crippen LogP contribution < -0.4 is 5.32 Å². The lowest BCUT2D eigenvalue weighted by Crippen LogP contribution is -1.99. The number of hydrogen-bond donors (Lipinski definition) is 1. The Balaban J connectivity index is 2.01. The van der Waals surface area contributed by atoms with Crippen LogP contribution >= 0.6 is 11.6 Å². The van der Waals surface area contributed by atoms with Crippen LogP contribution in [-0.4, -0.2) is 14.8 Å². The maximum Gasteiger partial charge on any atom is 0.132 e. The van der Waals surface area contributed by atoms with E-state index in [2.05, 4.69) is 22.0 Å². The van der Waals surface area contributed by atoms with Gasteiger partial charge in [-0.2, -0.15) is 5.10 Å². The fraction of sp³-hybridized carbons (Fsp3) is 0.167. The third-order valence-electron chi connectivity index (χ3n) is 2.35. The summed E-state index contributed by atoms with van der Waals surface area (Å²) in [4.78, 5) is 4.08. The number of aryl methyl sites for hydroxylation is 1. The van der Waals surface area contributed by atoms with Crippen molar-refractivity contribution in [1.29, 1.82) is 0 Å². The molecule has 5 heteroatoms. The lowest BCUT2D eigenvalue weighted by molar-refractivity contribution is 0.936. The van der Waals surface area contributed by atoms with E-state index >= 15 is 0 Å². The van der Waals surface area contributed by atoms with Gasteiger partial charge in [-0.05, 0) is 18.6 Å². The number of aromatic nitrogens is 3. The van der Waals surface area contributed by atoms with Crippen molar-refractivity contribution < 1.29 is 0 Å². The third kappa shape index (κ3) is 2.85. The lowest BCUT2D eigenvalue weighted by Gasteiger charge is -2.05. The van der Waals surface area contributed by atoms with E-state index < -0.39 is 0 Å². The van der Waals surface area contributed by atoms with Gasteiger partial charge in [0.15, 0.2) is 0 Å². The second kappa shape index (κ2) is 5.01. The van der Waals surface area contributed by atoms with E-state index in [0.717, 1.165) is 16.8 Å². The molecule has 0 aliphatic carbocycles. The summed E-state index contributed by atoms with van der Waals surface area (Å²) in [5, 5.41) is 7.90. The summed E-state index contributed by atoms with van der Waals surface area (Å²) >= 11 is 5.86. The second-order valence-electron chi connectivity index (χ2n) is 3.70. The molecule has 88 valence electrons. The summed E-state index contributed by atoms with van der Waals surface area (Å²) < 4.78 is 1.67. The van der Waals surface area contributed by atoms with E-state index in [4.69, 9.17) is 11.6 Å². The van der Waals surface area contributed by atoms with E-state index in [1.807, 2.05) is 19.2 Å². The molecule has 2 rings (SSSR count). The zero-order chi connectivity index (χ0) is 12.3. The van der Waals surface area contributed by atoms with Crippen molar-refractivity contribution in [3.05, 3.63) is 47.5 Å². The Morgan fingerprint density at radius 1 is 1.53 bits per heavy atom. The highest BCUT2D eigenvalue weighted by Gasteiger charge is 2.00. The van der Waals surface area contributed by atoms with Gasteiger partial charge < -0.3 is 5.32 Å². The molecule has 0 spiro atoms. The molecule has 0 fully saturated rings. The Hall–Kier alpha value is -1.81. The van der Waals surface area contributed by atoms with Crippen LogP contribution in [-0.2, 0) is 6.54 Å². The summed E-state index contributed by atoms with van der Waals surface area (Å²) in [7, 11) is 0. The van der Waals surface area contributed by atoms with Crippen LogP contribution in [0.15, 0.2) is 31.2 Å². The van der Waals surface area contributed by atoms with E-state index in [1.165, 1.54) is 0 Å². The molecule has 2 aromatic rings.